The molecule has 0 saturated heterocycles. The summed E-state index contributed by atoms with van der Waals surface area (Å²) in [5.74, 6) is 0. The van der Waals surface area contributed by atoms with Gasteiger partial charge in [-0.3, -0.25) is 0 Å². The summed E-state index contributed by atoms with van der Waals surface area (Å²) < 4.78 is 8.46. The Hall–Kier alpha value is 0.0849. The smallest absolute Gasteiger partial charge is 0.323 e. The van der Waals surface area contributed by atoms with Gasteiger partial charge >= 0.3 is 8.69 Å². The highest BCUT2D eigenvalue weighted by Crippen LogP contribution is 1.66. The monoisotopic (exact) mass is 123 g/mol. The van der Waals surface area contributed by atoms with Crippen molar-refractivity contribution in [1.82, 2.24) is 5.32 Å². The van der Waals surface area contributed by atoms with Gasteiger partial charge in [-0.1, -0.05) is 0 Å². The summed E-state index contributed by atoms with van der Waals surface area (Å²) in [6, 6.07) is 0. The Bertz CT molecular complexity index is 29.7. The number of hydrogen-bond acceptors (Lipinski definition) is 2. The van der Waals surface area contributed by atoms with E-state index in [0.717, 1.165) is 0 Å². The maximum absolute atomic E-state index is 8.46. The molecular weight excluding hydrogens is 112 g/mol. The van der Waals surface area contributed by atoms with Gasteiger partial charge in [0, 0.05) is 0 Å². The van der Waals surface area contributed by atoms with Crippen molar-refractivity contribution in [2.45, 2.75) is 0 Å². The second kappa shape index (κ2) is 36.2. The van der Waals surface area contributed by atoms with Crippen LogP contribution in [0.25, 0.3) is 0 Å². The van der Waals surface area contributed by atoms with Crippen LogP contribution in [0, 0.1) is 0 Å². The molecule has 0 atom stereocenters. The minimum Gasteiger partial charge on any atom is -0.323 e. The van der Waals surface area contributed by atoms with Gasteiger partial charge in [0.05, 0.1) is 8.41 Å². The van der Waals surface area contributed by atoms with Crippen molar-refractivity contribution < 1.29 is 9.46 Å². The van der Waals surface area contributed by atoms with E-state index in [-0.39, 0.29) is 8.41 Å². The SMILES string of the molecule is B.CNC.O=PO. The standard InChI is InChI=1S/C2H7N.BH3.HO2P/c1-3-2;;1-3-2/h3H,1-2H3;1H3;(H,1,2). The first kappa shape index (κ1) is 15.7. The molecule has 0 unspecified atom stereocenters. The highest BCUT2D eigenvalue weighted by atomic mass is 31.1. The van der Waals surface area contributed by atoms with Crippen LogP contribution >= 0.6 is 8.69 Å². The molecule has 0 saturated carbocycles. The molecule has 0 aromatic rings. The topological polar surface area (TPSA) is 49.3 Å². The highest BCUT2D eigenvalue weighted by Gasteiger charge is 1.28. The van der Waals surface area contributed by atoms with Crippen LogP contribution < -0.4 is 5.32 Å². The van der Waals surface area contributed by atoms with Crippen molar-refractivity contribution in [3.8, 4) is 0 Å². The summed E-state index contributed by atoms with van der Waals surface area (Å²) in [6.07, 6.45) is 0. The van der Waals surface area contributed by atoms with Crippen LogP contribution in [0.2, 0.25) is 0 Å². The molecule has 7 heavy (non-hydrogen) atoms. The summed E-state index contributed by atoms with van der Waals surface area (Å²) in [4.78, 5) is 6.99. The molecule has 0 radical (unpaired) electrons. The highest BCUT2D eigenvalue weighted by molar-refractivity contribution is 7.16. The van der Waals surface area contributed by atoms with E-state index in [4.69, 9.17) is 9.46 Å². The Morgan fingerprint density at radius 3 is 1.57 bits per heavy atom. The molecule has 0 rings (SSSR count). The Balaban J connectivity index is -0.0000000400. The maximum Gasteiger partial charge on any atom is 0.324 e. The lowest BCUT2D eigenvalue weighted by molar-refractivity contribution is 0.524. The average Bonchev–Trinajstić information content (AvgIpc) is 1.39. The van der Waals surface area contributed by atoms with Crippen LogP contribution in [-0.2, 0) is 4.57 Å². The first-order valence-electron chi connectivity index (χ1n) is 1.38. The Morgan fingerprint density at radius 2 is 1.57 bits per heavy atom. The molecule has 44 valence electrons. The lowest BCUT2D eigenvalue weighted by Crippen LogP contribution is -1.89. The molecule has 0 fully saturated rings. The first-order valence-corrected chi connectivity index (χ1v) is 2.15. The Labute approximate surface area is 47.0 Å². The van der Waals surface area contributed by atoms with E-state index >= 15 is 0 Å². The summed E-state index contributed by atoms with van der Waals surface area (Å²) in [6.45, 7) is 0. The van der Waals surface area contributed by atoms with Gasteiger partial charge in [0.1, 0.15) is 0 Å². The minimum absolute atomic E-state index is 0. The molecule has 3 nitrogen and oxygen atoms in total. The molecule has 0 bridgehead atoms. The summed E-state index contributed by atoms with van der Waals surface area (Å²) >= 11 is 0. The predicted molar refractivity (Wildman–Crippen MR) is 34.7 cm³/mol. The van der Waals surface area contributed by atoms with Gasteiger partial charge in [-0.25, -0.2) is 4.57 Å². The van der Waals surface area contributed by atoms with Crippen molar-refractivity contribution in [3.05, 3.63) is 0 Å². The fourth-order valence-electron chi connectivity index (χ4n) is 0. The van der Waals surface area contributed by atoms with E-state index in [1.54, 1.807) is 0 Å². The molecule has 0 aromatic carbocycles. The van der Waals surface area contributed by atoms with Gasteiger partial charge in [-0.15, -0.1) is 0 Å². The Morgan fingerprint density at radius 1 is 1.57 bits per heavy atom. The number of hydrogen-bond donors (Lipinski definition) is 2. The van der Waals surface area contributed by atoms with Gasteiger partial charge < -0.3 is 10.2 Å². The quantitative estimate of drug-likeness (QED) is 0.315. The van der Waals surface area contributed by atoms with E-state index in [9.17, 15) is 0 Å². The molecule has 0 aliphatic heterocycles. The second-order valence-electron chi connectivity index (χ2n) is 0.582. The van der Waals surface area contributed by atoms with Crippen molar-refractivity contribution >= 4 is 17.1 Å². The normalized spacial score (nSPS) is 5.57. The fraction of sp³-hybridized carbons (Fsp3) is 1.00. The molecule has 2 N–H and O–H groups in total. The van der Waals surface area contributed by atoms with Gasteiger partial charge in [-0.05, 0) is 14.1 Å². The predicted octanol–water partition coefficient (Wildman–Crippen LogP) is -1.16. The third kappa shape index (κ3) is 14100. The maximum atomic E-state index is 8.46. The molecule has 0 heterocycles. The van der Waals surface area contributed by atoms with Crippen LogP contribution in [0.1, 0.15) is 0 Å². The van der Waals surface area contributed by atoms with Crippen LogP contribution in [-0.4, -0.2) is 27.4 Å². The summed E-state index contributed by atoms with van der Waals surface area (Å²) in [5.41, 5.74) is 0. The van der Waals surface area contributed by atoms with Gasteiger partial charge in [-0.2, -0.15) is 0 Å². The summed E-state index contributed by atoms with van der Waals surface area (Å²) in [7, 11) is 2.92. The molecule has 0 aliphatic carbocycles. The average molecular weight is 123 g/mol. The second-order valence-corrected chi connectivity index (χ2v) is 0.745. The number of nitrogens with one attached hydrogen (secondary N) is 1. The molecule has 0 aliphatic rings. The van der Waals surface area contributed by atoms with Crippen molar-refractivity contribution in [2.75, 3.05) is 14.1 Å². The largest absolute Gasteiger partial charge is 0.324 e. The van der Waals surface area contributed by atoms with Crippen molar-refractivity contribution in [1.29, 1.82) is 0 Å². The fourth-order valence-corrected chi connectivity index (χ4v) is 0. The number of rotatable bonds is 0. The molecule has 5 heteroatoms. The lowest BCUT2D eigenvalue weighted by atomic mass is 10.8. The molecule has 0 aromatic heterocycles. The molecule has 0 spiro atoms. The zero-order valence-electron chi connectivity index (χ0n) is 3.80. The third-order valence-electron chi connectivity index (χ3n) is 0. The van der Waals surface area contributed by atoms with Crippen LogP contribution in [0.15, 0.2) is 0 Å². The summed E-state index contributed by atoms with van der Waals surface area (Å²) in [5, 5.41) is 2.75. The van der Waals surface area contributed by atoms with E-state index in [2.05, 4.69) is 5.32 Å². The van der Waals surface area contributed by atoms with E-state index < -0.39 is 8.69 Å². The van der Waals surface area contributed by atoms with Gasteiger partial charge in [0.15, 0.2) is 0 Å². The van der Waals surface area contributed by atoms with Gasteiger partial charge in [0.2, 0.25) is 0 Å². The van der Waals surface area contributed by atoms with Crippen LogP contribution in [0.3, 0.4) is 0 Å². The van der Waals surface area contributed by atoms with E-state index in [1.807, 2.05) is 14.1 Å². The van der Waals surface area contributed by atoms with E-state index in [0.29, 0.717) is 0 Å². The van der Waals surface area contributed by atoms with Crippen molar-refractivity contribution in [2.24, 2.45) is 0 Å². The zero-order valence-corrected chi connectivity index (χ0v) is 4.70. The first-order chi connectivity index (χ1) is 2.83. The zero-order chi connectivity index (χ0) is 5.41. The van der Waals surface area contributed by atoms with E-state index in [1.165, 1.54) is 0 Å². The molecule has 0 amide bonds. The van der Waals surface area contributed by atoms with Crippen LogP contribution in [0.5, 0.6) is 0 Å². The van der Waals surface area contributed by atoms with Crippen LogP contribution in [0.4, 0.5) is 0 Å². The lowest BCUT2D eigenvalue weighted by Gasteiger charge is -1.59. The third-order valence-corrected chi connectivity index (χ3v) is 0. The van der Waals surface area contributed by atoms with Crippen molar-refractivity contribution in [3.63, 3.8) is 0 Å². The Kier molecular flexibility index (Phi) is 81.3. The van der Waals surface area contributed by atoms with Gasteiger partial charge in [0.25, 0.3) is 0 Å². The molecular formula is C2H11BNO2P. The minimum atomic E-state index is -0.833.